The molecule has 3 rings (SSSR count). The Balaban J connectivity index is 1.91. The highest BCUT2D eigenvalue weighted by atomic mass is 35.5. The van der Waals surface area contributed by atoms with Crippen LogP contribution in [0.2, 0.25) is 5.02 Å². The molecule has 2 aromatic heterocycles. The number of aromatic nitrogens is 2. The summed E-state index contributed by atoms with van der Waals surface area (Å²) >= 11 is 6.02. The van der Waals surface area contributed by atoms with Crippen molar-refractivity contribution in [3.05, 3.63) is 53.3 Å². The number of halogens is 1. The minimum absolute atomic E-state index is 0.250. The molecule has 0 fully saturated rings. The molecule has 0 saturated carbocycles. The van der Waals surface area contributed by atoms with Crippen molar-refractivity contribution in [3.8, 4) is 0 Å². The lowest BCUT2D eigenvalue weighted by Gasteiger charge is -2.09. The van der Waals surface area contributed by atoms with Gasteiger partial charge in [-0.2, -0.15) is 8.42 Å². The van der Waals surface area contributed by atoms with Gasteiger partial charge < -0.3 is 4.98 Å². The van der Waals surface area contributed by atoms with E-state index in [9.17, 15) is 16.8 Å². The second-order valence-electron chi connectivity index (χ2n) is 5.28. The molecular weight excluding hydrogens is 388 g/mol. The first-order valence-electron chi connectivity index (χ1n) is 6.89. The van der Waals surface area contributed by atoms with Gasteiger partial charge in [0.2, 0.25) is 10.0 Å². The molecule has 4 N–H and O–H groups in total. The van der Waals surface area contributed by atoms with Crippen molar-refractivity contribution < 1.29 is 16.8 Å². The molecule has 0 bridgehead atoms. The topological polar surface area (TPSA) is 135 Å². The van der Waals surface area contributed by atoms with Crippen molar-refractivity contribution in [2.24, 2.45) is 5.14 Å². The van der Waals surface area contributed by atoms with Gasteiger partial charge in [-0.05, 0) is 17.7 Å². The van der Waals surface area contributed by atoms with Gasteiger partial charge in [0.05, 0.1) is 22.0 Å². The third-order valence-corrected chi connectivity index (χ3v) is 5.68. The molecule has 8 nitrogen and oxygen atoms in total. The normalized spacial score (nSPS) is 12.4. The maximum atomic E-state index is 12.5. The smallest absolute Gasteiger partial charge is 0.279 e. The molecule has 0 atom stereocenters. The average Bonchev–Trinajstić information content (AvgIpc) is 2.89. The van der Waals surface area contributed by atoms with Gasteiger partial charge in [0, 0.05) is 17.8 Å². The third-order valence-electron chi connectivity index (χ3n) is 3.35. The number of hydrogen-bond acceptors (Lipinski definition) is 5. The number of aromatic amines is 1. The summed E-state index contributed by atoms with van der Waals surface area (Å²) in [6.07, 6.45) is 2.72. The van der Waals surface area contributed by atoms with E-state index in [2.05, 4.69) is 14.7 Å². The van der Waals surface area contributed by atoms with Crippen molar-refractivity contribution in [1.29, 1.82) is 0 Å². The minimum atomic E-state index is -3.96. The molecule has 132 valence electrons. The Morgan fingerprint density at radius 2 is 1.92 bits per heavy atom. The lowest BCUT2D eigenvalue weighted by atomic mass is 10.2. The Morgan fingerprint density at radius 1 is 1.16 bits per heavy atom. The molecule has 0 aliphatic heterocycles. The van der Waals surface area contributed by atoms with E-state index in [0.717, 1.165) is 6.20 Å². The summed E-state index contributed by atoms with van der Waals surface area (Å²) in [6, 6.07) is 7.57. The number of sulfonamides is 2. The van der Waals surface area contributed by atoms with Crippen LogP contribution < -0.4 is 9.86 Å². The number of H-pyrrole nitrogens is 1. The molecule has 0 unspecified atom stereocenters. The predicted molar refractivity (Wildman–Crippen MR) is 95.2 cm³/mol. The number of anilines is 1. The zero-order valence-corrected chi connectivity index (χ0v) is 15.0. The molecule has 2 heterocycles. The number of nitrogens with one attached hydrogen (secondary N) is 2. The second kappa shape index (κ2) is 6.30. The van der Waals surface area contributed by atoms with Crippen molar-refractivity contribution in [1.82, 2.24) is 9.97 Å². The quantitative estimate of drug-likeness (QED) is 0.600. The number of pyridine rings is 1. The van der Waals surface area contributed by atoms with E-state index in [1.807, 2.05) is 0 Å². The average molecular weight is 401 g/mol. The van der Waals surface area contributed by atoms with Gasteiger partial charge in [-0.1, -0.05) is 29.8 Å². The minimum Gasteiger partial charge on any atom is -0.358 e. The first kappa shape index (κ1) is 17.7. The van der Waals surface area contributed by atoms with Gasteiger partial charge in [0.25, 0.3) is 10.0 Å². The molecule has 3 aromatic rings. The maximum Gasteiger partial charge on any atom is 0.279 e. The van der Waals surface area contributed by atoms with Gasteiger partial charge in [-0.25, -0.2) is 18.5 Å². The van der Waals surface area contributed by atoms with Crippen LogP contribution in [0.25, 0.3) is 10.9 Å². The zero-order valence-electron chi connectivity index (χ0n) is 12.6. The van der Waals surface area contributed by atoms with E-state index in [-0.39, 0.29) is 5.03 Å². The van der Waals surface area contributed by atoms with Crippen LogP contribution in [-0.2, 0) is 25.8 Å². The molecular formula is C14H13ClN4O4S2. The first-order chi connectivity index (χ1) is 11.7. The fourth-order valence-corrected chi connectivity index (χ4v) is 4.14. The maximum absolute atomic E-state index is 12.5. The fourth-order valence-electron chi connectivity index (χ4n) is 2.29. The zero-order chi connectivity index (χ0) is 18.2. The summed E-state index contributed by atoms with van der Waals surface area (Å²) in [5.74, 6) is -0.423. The Hall–Kier alpha value is -2.14. The van der Waals surface area contributed by atoms with Crippen LogP contribution in [0.3, 0.4) is 0 Å². The van der Waals surface area contributed by atoms with Crippen molar-refractivity contribution in [2.45, 2.75) is 10.8 Å². The summed E-state index contributed by atoms with van der Waals surface area (Å²) in [7, 11) is -7.68. The molecule has 0 radical (unpaired) electrons. The van der Waals surface area contributed by atoms with Gasteiger partial charge in [-0.3, -0.25) is 4.72 Å². The lowest BCUT2D eigenvalue weighted by Crippen LogP contribution is -2.16. The summed E-state index contributed by atoms with van der Waals surface area (Å²) < 4.78 is 49.5. The molecule has 11 heteroatoms. The van der Waals surface area contributed by atoms with E-state index in [1.165, 1.54) is 12.1 Å². The van der Waals surface area contributed by atoms with E-state index < -0.39 is 25.8 Å². The second-order valence-corrected chi connectivity index (χ2v) is 8.93. The third kappa shape index (κ3) is 3.93. The highest BCUT2D eigenvalue weighted by Crippen LogP contribution is 2.29. The number of primary sulfonamides is 1. The number of fused-ring (bicyclic) bond motifs is 1. The Morgan fingerprint density at radius 3 is 2.56 bits per heavy atom. The predicted octanol–water partition coefficient (Wildman–Crippen LogP) is 1.81. The summed E-state index contributed by atoms with van der Waals surface area (Å²) in [5.41, 5.74) is 1.15. The summed E-state index contributed by atoms with van der Waals surface area (Å²) in [4.78, 5) is 6.71. The van der Waals surface area contributed by atoms with Gasteiger partial charge in [-0.15, -0.1) is 0 Å². The van der Waals surface area contributed by atoms with Crippen molar-refractivity contribution in [3.63, 3.8) is 0 Å². The highest BCUT2D eigenvalue weighted by Gasteiger charge is 2.18. The molecule has 25 heavy (non-hydrogen) atoms. The molecule has 0 aliphatic rings. The number of hydrogen-bond donors (Lipinski definition) is 3. The number of para-hydroxylation sites is 1. The molecule has 0 saturated heterocycles. The van der Waals surface area contributed by atoms with Crippen LogP contribution in [0.1, 0.15) is 5.56 Å². The van der Waals surface area contributed by atoms with Crippen molar-refractivity contribution >= 4 is 48.2 Å². The Labute approximate surface area is 149 Å². The number of nitrogens with two attached hydrogens (primary N) is 1. The van der Waals surface area contributed by atoms with Gasteiger partial charge in [0.15, 0.2) is 5.03 Å². The van der Waals surface area contributed by atoms with E-state index >= 15 is 0 Å². The Bertz CT molecular complexity index is 1140. The van der Waals surface area contributed by atoms with E-state index in [0.29, 0.717) is 27.2 Å². The van der Waals surface area contributed by atoms with Gasteiger partial charge >= 0.3 is 0 Å². The molecule has 0 spiro atoms. The van der Waals surface area contributed by atoms with E-state index in [1.54, 1.807) is 24.4 Å². The van der Waals surface area contributed by atoms with E-state index in [4.69, 9.17) is 16.7 Å². The van der Waals surface area contributed by atoms with Crippen molar-refractivity contribution in [2.75, 3.05) is 4.72 Å². The Kier molecular flexibility index (Phi) is 4.45. The fraction of sp³-hybridized carbons (Fsp3) is 0.0714. The molecule has 1 aromatic carbocycles. The number of benzene rings is 1. The summed E-state index contributed by atoms with van der Waals surface area (Å²) in [6.45, 7) is 0. The number of nitrogens with zero attached hydrogens (tertiary/aromatic N) is 1. The molecule has 0 aliphatic carbocycles. The SMILES string of the molecule is NS(=O)(=O)Cc1ccc(S(=O)(=O)Nc2cccc3c(Cl)c[nH]c23)nc1. The van der Waals surface area contributed by atoms with Crippen LogP contribution >= 0.6 is 11.6 Å². The van der Waals surface area contributed by atoms with Crippen LogP contribution in [0, 0.1) is 0 Å². The lowest BCUT2D eigenvalue weighted by molar-refractivity contribution is 0.597. The first-order valence-corrected chi connectivity index (χ1v) is 10.5. The highest BCUT2D eigenvalue weighted by molar-refractivity contribution is 7.92. The monoisotopic (exact) mass is 400 g/mol. The van der Waals surface area contributed by atoms with Crippen LogP contribution in [0.4, 0.5) is 5.69 Å². The van der Waals surface area contributed by atoms with Gasteiger partial charge in [0.1, 0.15) is 0 Å². The van der Waals surface area contributed by atoms with Crippen LogP contribution in [-0.4, -0.2) is 26.8 Å². The standard InChI is InChI=1S/C14H13ClN4O4S2/c15-11-7-18-14-10(11)2-1-3-12(14)19-25(22,23)13-5-4-9(6-17-13)8-24(16,20)21/h1-7,18-19H,8H2,(H2,16,20,21). The van der Waals surface area contributed by atoms with Crippen LogP contribution in [0.5, 0.6) is 0 Å². The van der Waals surface area contributed by atoms with Crippen LogP contribution in [0.15, 0.2) is 47.8 Å². The molecule has 0 amide bonds. The number of rotatable bonds is 5. The summed E-state index contributed by atoms with van der Waals surface area (Å²) in [5, 5.41) is 5.85. The largest absolute Gasteiger partial charge is 0.358 e.